The van der Waals surface area contributed by atoms with Gasteiger partial charge in [0.25, 0.3) is 0 Å². The van der Waals surface area contributed by atoms with E-state index in [1.165, 1.54) is 0 Å². The average molecular weight is 391 g/mol. The second-order valence-electron chi connectivity index (χ2n) is 7.70. The van der Waals surface area contributed by atoms with E-state index < -0.39 is 17.8 Å². The second-order valence-corrected chi connectivity index (χ2v) is 7.70. The molecule has 148 valence electrons. The Balaban J connectivity index is 1.38. The van der Waals surface area contributed by atoms with E-state index in [9.17, 15) is 14.7 Å². The van der Waals surface area contributed by atoms with Gasteiger partial charge in [-0.25, -0.2) is 0 Å². The van der Waals surface area contributed by atoms with Gasteiger partial charge in [-0.1, -0.05) is 30.3 Å². The molecule has 5 rings (SSSR count). The number of hydrogen-bond donors (Lipinski definition) is 1. The summed E-state index contributed by atoms with van der Waals surface area (Å²) < 4.78 is 13.2. The number of carbonyl (C=O) groups is 2. The van der Waals surface area contributed by atoms with Gasteiger partial charge in [-0.15, -0.1) is 0 Å². The van der Waals surface area contributed by atoms with Crippen molar-refractivity contribution in [1.29, 1.82) is 0 Å². The average Bonchev–Trinajstić information content (AvgIpc) is 3.46. The summed E-state index contributed by atoms with van der Waals surface area (Å²) in [5.41, 5.74) is 1.82. The molecule has 2 fully saturated rings. The molecular weight excluding hydrogens is 370 g/mol. The predicted molar refractivity (Wildman–Crippen MR) is 106 cm³/mol. The normalized spacial score (nSPS) is 25.4. The Kier molecular flexibility index (Phi) is 4.36. The van der Waals surface area contributed by atoms with Crippen molar-refractivity contribution in [2.45, 2.75) is 31.7 Å². The van der Waals surface area contributed by atoms with Crippen LogP contribution in [0.2, 0.25) is 0 Å². The highest BCUT2D eigenvalue weighted by Gasteiger charge is 2.55. The number of carbonyl (C=O) groups excluding carboxylic acids is 1. The first-order chi connectivity index (χ1) is 14.1. The molecule has 1 aromatic heterocycles. The maximum Gasteiger partial charge on any atom is 0.310 e. The van der Waals surface area contributed by atoms with Crippen LogP contribution in [0.25, 0.3) is 10.9 Å². The Labute approximate surface area is 167 Å². The van der Waals surface area contributed by atoms with E-state index in [4.69, 9.17) is 9.47 Å². The highest BCUT2D eigenvalue weighted by molar-refractivity contribution is 5.96. The molecule has 2 aromatic carbocycles. The molecule has 0 radical (unpaired) electrons. The Bertz CT molecular complexity index is 1070. The maximum atomic E-state index is 13.2. The number of aromatic nitrogens is 1. The molecule has 4 atom stereocenters. The molecule has 1 N–H and O–H groups in total. The van der Waals surface area contributed by atoms with Crippen molar-refractivity contribution in [2.24, 2.45) is 11.8 Å². The molecule has 0 saturated carbocycles. The first-order valence-electron chi connectivity index (χ1n) is 9.82. The van der Waals surface area contributed by atoms with Crippen LogP contribution in [0.1, 0.15) is 23.2 Å². The van der Waals surface area contributed by atoms with Crippen LogP contribution >= 0.6 is 0 Å². The van der Waals surface area contributed by atoms with Crippen LogP contribution in [0.3, 0.4) is 0 Å². The van der Waals surface area contributed by atoms with Gasteiger partial charge in [0.05, 0.1) is 29.6 Å². The molecule has 0 spiro atoms. The first kappa shape index (κ1) is 17.9. The van der Waals surface area contributed by atoms with Crippen molar-refractivity contribution < 1.29 is 24.2 Å². The highest BCUT2D eigenvalue weighted by atomic mass is 16.5. The summed E-state index contributed by atoms with van der Waals surface area (Å²) in [6, 6.07) is 17.3. The predicted octanol–water partition coefficient (Wildman–Crippen LogP) is 3.74. The number of rotatable bonds is 5. The molecular formula is C23H21NO5. The monoisotopic (exact) mass is 391 g/mol. The van der Waals surface area contributed by atoms with Crippen molar-refractivity contribution in [3.05, 3.63) is 66.4 Å². The third kappa shape index (κ3) is 3.09. The van der Waals surface area contributed by atoms with Gasteiger partial charge in [-0.2, -0.15) is 0 Å². The van der Waals surface area contributed by atoms with Gasteiger partial charge in [0, 0.05) is 11.6 Å². The molecule has 2 aliphatic rings. The topological polar surface area (TPSA) is 77.8 Å². The fourth-order valence-electron chi connectivity index (χ4n) is 4.61. The molecule has 0 aliphatic carbocycles. The Hall–Kier alpha value is -3.12. The zero-order valence-electron chi connectivity index (χ0n) is 15.7. The van der Waals surface area contributed by atoms with E-state index in [1.807, 2.05) is 54.6 Å². The third-order valence-corrected chi connectivity index (χ3v) is 5.99. The summed E-state index contributed by atoms with van der Waals surface area (Å²) in [7, 11) is 0. The summed E-state index contributed by atoms with van der Waals surface area (Å²) in [6.45, 7) is 0.467. The molecule has 3 aromatic rings. The molecule has 2 aliphatic heterocycles. The van der Waals surface area contributed by atoms with Crippen molar-refractivity contribution >= 4 is 22.8 Å². The summed E-state index contributed by atoms with van der Waals surface area (Å²) in [4.78, 5) is 24.9. The van der Waals surface area contributed by atoms with Gasteiger partial charge < -0.3 is 14.6 Å². The van der Waals surface area contributed by atoms with E-state index in [0.29, 0.717) is 13.0 Å². The van der Waals surface area contributed by atoms with Gasteiger partial charge in [0.2, 0.25) is 5.91 Å². The molecule has 29 heavy (non-hydrogen) atoms. The first-order valence-corrected chi connectivity index (χ1v) is 9.82. The second kappa shape index (κ2) is 7.04. The lowest BCUT2D eigenvalue weighted by Gasteiger charge is -2.24. The lowest BCUT2D eigenvalue weighted by molar-refractivity contribution is -0.144. The number of hydrogen-bond acceptors (Lipinski definition) is 4. The quantitative estimate of drug-likeness (QED) is 0.717. The van der Waals surface area contributed by atoms with Gasteiger partial charge in [-0.05, 0) is 42.7 Å². The molecule has 6 heteroatoms. The molecule has 0 amide bonds. The number of benzene rings is 2. The zero-order valence-corrected chi connectivity index (χ0v) is 15.7. The van der Waals surface area contributed by atoms with Gasteiger partial charge in [-0.3, -0.25) is 14.2 Å². The minimum absolute atomic E-state index is 0.211. The van der Waals surface area contributed by atoms with Gasteiger partial charge in [0.1, 0.15) is 12.4 Å². The van der Waals surface area contributed by atoms with Crippen LogP contribution in [-0.2, 0) is 16.1 Å². The standard InChI is InChI=1S/C23H21NO5/c25-22(20-18-8-9-19(29-18)21(20)23(26)27)24-11-10-15-12-16(6-7-17(15)24)28-13-14-4-2-1-3-5-14/h1-7,10-12,18-21H,8-9,13H2,(H,26,27)/t18-,19+,20-,21+/m1/s1. The Morgan fingerprint density at radius 3 is 2.55 bits per heavy atom. The number of ether oxygens (including phenoxy) is 2. The lowest BCUT2D eigenvalue weighted by Crippen LogP contribution is -2.40. The van der Waals surface area contributed by atoms with Crippen LogP contribution in [0.4, 0.5) is 0 Å². The molecule has 3 heterocycles. The summed E-state index contributed by atoms with van der Waals surface area (Å²) in [6.07, 6.45) is 2.49. The van der Waals surface area contributed by atoms with Crippen LogP contribution < -0.4 is 4.74 Å². The summed E-state index contributed by atoms with van der Waals surface area (Å²) in [5, 5.41) is 10.5. The van der Waals surface area contributed by atoms with Crippen molar-refractivity contribution in [1.82, 2.24) is 4.57 Å². The van der Waals surface area contributed by atoms with E-state index >= 15 is 0 Å². The number of nitrogens with zero attached hydrogens (tertiary/aromatic N) is 1. The van der Waals surface area contributed by atoms with E-state index in [-0.39, 0.29) is 18.1 Å². The zero-order chi connectivity index (χ0) is 20.0. The van der Waals surface area contributed by atoms with Crippen LogP contribution in [-0.4, -0.2) is 33.8 Å². The molecule has 0 unspecified atom stereocenters. The fraction of sp³-hybridized carbons (Fsp3) is 0.304. The molecule has 2 bridgehead atoms. The Morgan fingerprint density at radius 1 is 1.03 bits per heavy atom. The van der Waals surface area contributed by atoms with E-state index in [2.05, 4.69) is 0 Å². The highest BCUT2D eigenvalue weighted by Crippen LogP contribution is 2.44. The number of carboxylic acids is 1. The Morgan fingerprint density at radius 2 is 1.79 bits per heavy atom. The summed E-state index contributed by atoms with van der Waals surface area (Å²) >= 11 is 0. The van der Waals surface area contributed by atoms with Gasteiger partial charge >= 0.3 is 5.97 Å². The van der Waals surface area contributed by atoms with Crippen LogP contribution in [0.5, 0.6) is 5.75 Å². The van der Waals surface area contributed by atoms with Crippen molar-refractivity contribution in [3.63, 3.8) is 0 Å². The van der Waals surface area contributed by atoms with Gasteiger partial charge in [0.15, 0.2) is 0 Å². The SMILES string of the molecule is O=C(O)[C@@H]1[C@H](C(=O)n2ccc3cc(OCc4ccccc4)ccc32)[C@H]2CC[C@@H]1O2. The van der Waals surface area contributed by atoms with Crippen molar-refractivity contribution in [2.75, 3.05) is 0 Å². The largest absolute Gasteiger partial charge is 0.489 e. The summed E-state index contributed by atoms with van der Waals surface area (Å²) in [5.74, 6) is -1.86. The lowest BCUT2D eigenvalue weighted by atomic mass is 9.78. The molecule has 6 nitrogen and oxygen atoms in total. The minimum Gasteiger partial charge on any atom is -0.489 e. The van der Waals surface area contributed by atoms with E-state index in [0.717, 1.165) is 28.6 Å². The fourth-order valence-corrected chi connectivity index (χ4v) is 4.61. The van der Waals surface area contributed by atoms with Crippen LogP contribution in [0.15, 0.2) is 60.8 Å². The minimum atomic E-state index is -0.955. The number of fused-ring (bicyclic) bond motifs is 3. The third-order valence-electron chi connectivity index (χ3n) is 5.99. The van der Waals surface area contributed by atoms with Crippen LogP contribution in [0, 0.1) is 11.8 Å². The smallest absolute Gasteiger partial charge is 0.310 e. The molecule has 2 saturated heterocycles. The van der Waals surface area contributed by atoms with Crippen molar-refractivity contribution in [3.8, 4) is 5.75 Å². The number of carboxylic acid groups (broad SMARTS) is 1. The van der Waals surface area contributed by atoms with E-state index in [1.54, 1.807) is 10.8 Å². The number of aliphatic carboxylic acids is 1. The maximum absolute atomic E-state index is 13.2.